The quantitative estimate of drug-likeness (QED) is 0.711. The first-order valence-electron chi connectivity index (χ1n) is 9.97. The van der Waals surface area contributed by atoms with Gasteiger partial charge in [-0.2, -0.15) is 0 Å². The van der Waals surface area contributed by atoms with E-state index in [1.807, 2.05) is 30.3 Å². The lowest BCUT2D eigenvalue weighted by Gasteiger charge is -2.38. The second-order valence-corrected chi connectivity index (χ2v) is 7.63. The zero-order valence-electron chi connectivity index (χ0n) is 16.3. The lowest BCUT2D eigenvalue weighted by Crippen LogP contribution is -2.48. The Morgan fingerprint density at radius 1 is 1.00 bits per heavy atom. The van der Waals surface area contributed by atoms with Crippen LogP contribution in [0.5, 0.6) is 5.75 Å². The molecule has 0 unspecified atom stereocenters. The van der Waals surface area contributed by atoms with E-state index >= 15 is 0 Å². The Morgan fingerprint density at radius 3 is 2.43 bits per heavy atom. The maximum absolute atomic E-state index is 12.4. The van der Waals surface area contributed by atoms with Gasteiger partial charge in [-0.25, -0.2) is 4.79 Å². The highest BCUT2D eigenvalue weighted by Crippen LogP contribution is 2.36. The maximum Gasteiger partial charge on any atom is 0.573 e. The van der Waals surface area contributed by atoms with Crippen LogP contribution in [0, 0.1) is 5.92 Å². The van der Waals surface area contributed by atoms with Crippen molar-refractivity contribution in [2.24, 2.45) is 5.92 Å². The molecule has 0 bridgehead atoms. The first kappa shape index (κ1) is 20.4. The molecule has 2 aromatic carbocycles. The summed E-state index contributed by atoms with van der Waals surface area (Å²) in [6.45, 7) is 2.29. The van der Waals surface area contributed by atoms with Gasteiger partial charge in [0.25, 0.3) is 0 Å². The molecule has 4 rings (SSSR count). The first-order chi connectivity index (χ1) is 14.4. The molecule has 0 aromatic heterocycles. The lowest BCUT2D eigenvalue weighted by atomic mass is 9.93. The van der Waals surface area contributed by atoms with Crippen LogP contribution >= 0.6 is 0 Å². The number of ether oxygens (including phenoxy) is 2. The van der Waals surface area contributed by atoms with Gasteiger partial charge >= 0.3 is 12.5 Å². The van der Waals surface area contributed by atoms with Crippen molar-refractivity contribution in [1.82, 2.24) is 4.90 Å². The molecule has 5 nitrogen and oxygen atoms in total. The van der Waals surface area contributed by atoms with Crippen LogP contribution in [0.15, 0.2) is 54.6 Å². The minimum absolute atomic E-state index is 0.224. The molecule has 0 radical (unpaired) electrons. The molecule has 8 heteroatoms. The van der Waals surface area contributed by atoms with Crippen molar-refractivity contribution in [3.05, 3.63) is 60.2 Å². The summed E-state index contributed by atoms with van der Waals surface area (Å²) in [6, 6.07) is 15.8. The number of alkyl halides is 3. The van der Waals surface area contributed by atoms with E-state index in [0.717, 1.165) is 30.6 Å². The molecule has 2 fully saturated rings. The SMILES string of the molecule is O=C(OCc1ccccc1)N1CC[C@H]2[C@H](CCN2c2ccc(OC(F)(F)F)cc2)C1. The van der Waals surface area contributed by atoms with Crippen LogP contribution in [0.25, 0.3) is 0 Å². The molecule has 2 heterocycles. The van der Waals surface area contributed by atoms with Gasteiger partial charge in [0.2, 0.25) is 0 Å². The fourth-order valence-electron chi connectivity index (χ4n) is 4.32. The van der Waals surface area contributed by atoms with Crippen LogP contribution in [0.4, 0.5) is 23.7 Å². The van der Waals surface area contributed by atoms with Crippen LogP contribution < -0.4 is 9.64 Å². The number of likely N-dealkylation sites (tertiary alicyclic amines) is 1. The van der Waals surface area contributed by atoms with Crippen LogP contribution in [0.3, 0.4) is 0 Å². The van der Waals surface area contributed by atoms with E-state index < -0.39 is 6.36 Å². The van der Waals surface area contributed by atoms with E-state index in [-0.39, 0.29) is 24.5 Å². The van der Waals surface area contributed by atoms with Crippen molar-refractivity contribution in [2.75, 3.05) is 24.5 Å². The molecule has 0 aliphatic carbocycles. The fraction of sp³-hybridized carbons (Fsp3) is 0.409. The van der Waals surface area contributed by atoms with E-state index in [0.29, 0.717) is 19.0 Å². The molecule has 30 heavy (non-hydrogen) atoms. The van der Waals surface area contributed by atoms with Gasteiger partial charge in [0.15, 0.2) is 0 Å². The highest BCUT2D eigenvalue weighted by Gasteiger charge is 2.40. The Labute approximate surface area is 173 Å². The standard InChI is InChI=1S/C22H23F3N2O3/c23-22(24,25)30-19-8-6-18(7-9-19)27-13-10-17-14-26(12-11-20(17)27)21(28)29-15-16-4-2-1-3-5-16/h1-9,17,20H,10-15H2/t17-,20+/m1/s1. The number of rotatable bonds is 4. The normalized spacial score (nSPS) is 21.3. The number of benzene rings is 2. The average Bonchev–Trinajstić information content (AvgIpc) is 3.15. The fourth-order valence-corrected chi connectivity index (χ4v) is 4.32. The Balaban J connectivity index is 1.32. The Hall–Kier alpha value is -2.90. The molecule has 2 aliphatic heterocycles. The number of carbonyl (C=O) groups excluding carboxylic acids is 1. The van der Waals surface area contributed by atoms with Crippen molar-refractivity contribution < 1.29 is 27.4 Å². The molecule has 1 amide bonds. The van der Waals surface area contributed by atoms with Gasteiger partial charge in [-0.1, -0.05) is 30.3 Å². The third-order valence-electron chi connectivity index (χ3n) is 5.70. The molecule has 0 spiro atoms. The van der Waals surface area contributed by atoms with Gasteiger partial charge in [-0.3, -0.25) is 0 Å². The van der Waals surface area contributed by atoms with E-state index in [1.54, 1.807) is 17.0 Å². The Morgan fingerprint density at radius 2 is 1.73 bits per heavy atom. The second-order valence-electron chi connectivity index (χ2n) is 7.63. The minimum atomic E-state index is -4.69. The smallest absolute Gasteiger partial charge is 0.445 e. The van der Waals surface area contributed by atoms with E-state index in [9.17, 15) is 18.0 Å². The topological polar surface area (TPSA) is 42.0 Å². The zero-order chi connectivity index (χ0) is 21.1. The van der Waals surface area contributed by atoms with Crippen LogP contribution in [-0.2, 0) is 11.3 Å². The van der Waals surface area contributed by atoms with Crippen molar-refractivity contribution in [3.63, 3.8) is 0 Å². The summed E-state index contributed by atoms with van der Waals surface area (Å²) in [6.07, 6.45) is -3.27. The molecule has 2 aromatic rings. The number of amides is 1. The summed E-state index contributed by atoms with van der Waals surface area (Å²) in [5.41, 5.74) is 1.82. The van der Waals surface area contributed by atoms with Gasteiger partial charge in [-0.15, -0.1) is 13.2 Å². The molecular weight excluding hydrogens is 397 g/mol. The number of anilines is 1. The monoisotopic (exact) mass is 420 g/mol. The molecule has 2 aliphatic rings. The molecule has 2 saturated heterocycles. The number of hydrogen-bond acceptors (Lipinski definition) is 4. The number of fused-ring (bicyclic) bond motifs is 1. The second kappa shape index (κ2) is 8.45. The number of carbonyl (C=O) groups is 1. The summed E-state index contributed by atoms with van der Waals surface area (Å²) in [5, 5.41) is 0. The summed E-state index contributed by atoms with van der Waals surface area (Å²) in [7, 11) is 0. The third kappa shape index (κ3) is 4.80. The zero-order valence-corrected chi connectivity index (χ0v) is 16.3. The number of nitrogens with zero attached hydrogens (tertiary/aromatic N) is 2. The molecule has 0 saturated carbocycles. The van der Waals surface area contributed by atoms with E-state index in [1.165, 1.54) is 12.1 Å². The van der Waals surface area contributed by atoms with Gasteiger partial charge in [-0.05, 0) is 48.6 Å². The van der Waals surface area contributed by atoms with Gasteiger partial charge in [0.05, 0.1) is 0 Å². The van der Waals surface area contributed by atoms with Gasteiger partial charge in [0.1, 0.15) is 12.4 Å². The predicted octanol–water partition coefficient (Wildman–Crippen LogP) is 4.82. The predicted molar refractivity (Wildman–Crippen MR) is 105 cm³/mol. The maximum atomic E-state index is 12.4. The van der Waals surface area contributed by atoms with Crippen molar-refractivity contribution in [3.8, 4) is 5.75 Å². The molecular formula is C22H23F3N2O3. The van der Waals surface area contributed by atoms with E-state index in [2.05, 4.69) is 9.64 Å². The average molecular weight is 420 g/mol. The van der Waals surface area contributed by atoms with Crippen LogP contribution in [-0.4, -0.2) is 43.0 Å². The molecule has 2 atom stereocenters. The van der Waals surface area contributed by atoms with Gasteiger partial charge in [0, 0.05) is 31.4 Å². The minimum Gasteiger partial charge on any atom is -0.445 e. The van der Waals surface area contributed by atoms with Crippen molar-refractivity contribution >= 4 is 11.8 Å². The summed E-state index contributed by atoms with van der Waals surface area (Å²) < 4.78 is 46.4. The van der Waals surface area contributed by atoms with E-state index in [4.69, 9.17) is 4.74 Å². The molecule has 0 N–H and O–H groups in total. The third-order valence-corrected chi connectivity index (χ3v) is 5.70. The van der Waals surface area contributed by atoms with Crippen LogP contribution in [0.1, 0.15) is 18.4 Å². The summed E-state index contributed by atoms with van der Waals surface area (Å²) in [5.74, 6) is 0.0899. The van der Waals surface area contributed by atoms with Gasteiger partial charge < -0.3 is 19.3 Å². The Kier molecular flexibility index (Phi) is 5.74. The van der Waals surface area contributed by atoms with Crippen molar-refractivity contribution in [2.45, 2.75) is 31.9 Å². The summed E-state index contributed by atoms with van der Waals surface area (Å²) in [4.78, 5) is 16.4. The molecule has 160 valence electrons. The van der Waals surface area contributed by atoms with Crippen LogP contribution in [0.2, 0.25) is 0 Å². The van der Waals surface area contributed by atoms with Crippen molar-refractivity contribution in [1.29, 1.82) is 0 Å². The largest absolute Gasteiger partial charge is 0.573 e. The highest BCUT2D eigenvalue weighted by atomic mass is 19.4. The number of halogens is 3. The number of piperidine rings is 1. The number of hydrogen-bond donors (Lipinski definition) is 0. The summed E-state index contributed by atoms with van der Waals surface area (Å²) >= 11 is 0. The Bertz CT molecular complexity index is 858. The highest BCUT2D eigenvalue weighted by molar-refractivity contribution is 5.68. The first-order valence-corrected chi connectivity index (χ1v) is 9.97. The lowest BCUT2D eigenvalue weighted by molar-refractivity contribution is -0.274.